The molecule has 3 nitrogen and oxygen atoms in total. The van der Waals surface area contributed by atoms with Crippen molar-refractivity contribution in [2.24, 2.45) is 5.92 Å². The van der Waals surface area contributed by atoms with Crippen LogP contribution in [0.2, 0.25) is 0 Å². The number of nitrogens with zero attached hydrogens (tertiary/aromatic N) is 1. The Bertz CT molecular complexity index is 793. The van der Waals surface area contributed by atoms with Gasteiger partial charge in [-0.05, 0) is 30.4 Å². The fraction of sp³-hybridized carbons (Fsp3) is 0.385. The molecule has 2 rings (SSSR count). The summed E-state index contributed by atoms with van der Waals surface area (Å²) in [6.45, 7) is 6.29. The van der Waals surface area contributed by atoms with Crippen molar-refractivity contribution in [2.75, 3.05) is 0 Å². The second-order valence-corrected chi connectivity index (χ2v) is 7.46. The molecule has 2 aromatic rings. The summed E-state index contributed by atoms with van der Waals surface area (Å²) in [4.78, 5) is 13.0. The lowest BCUT2D eigenvalue weighted by atomic mass is 9.92. The maximum atomic E-state index is 13.0. The zero-order chi connectivity index (χ0) is 21.1. The fourth-order valence-electron chi connectivity index (χ4n) is 3.61. The maximum absolute atomic E-state index is 13.0. The van der Waals surface area contributed by atoms with Crippen LogP contribution in [0.15, 0.2) is 66.2 Å². The van der Waals surface area contributed by atoms with Crippen LogP contribution in [0.1, 0.15) is 64.0 Å². The highest BCUT2D eigenvalue weighted by molar-refractivity contribution is 6.05. The summed E-state index contributed by atoms with van der Waals surface area (Å²) in [7, 11) is 0. The minimum atomic E-state index is -0.548. The van der Waals surface area contributed by atoms with Crippen molar-refractivity contribution in [1.82, 2.24) is 0 Å². The molecular weight excluding hydrogens is 358 g/mol. The molecule has 0 spiro atoms. The molecule has 3 heteroatoms. The lowest BCUT2D eigenvalue weighted by Crippen LogP contribution is -2.20. The molecule has 152 valence electrons. The van der Waals surface area contributed by atoms with Crippen molar-refractivity contribution in [3.8, 4) is 6.07 Å². The van der Waals surface area contributed by atoms with Crippen molar-refractivity contribution in [2.45, 2.75) is 59.0 Å². The van der Waals surface area contributed by atoms with Crippen LogP contribution in [0, 0.1) is 17.2 Å². The molecule has 0 radical (unpaired) electrons. The first-order valence-corrected chi connectivity index (χ1v) is 10.6. The number of benzene rings is 2. The van der Waals surface area contributed by atoms with Crippen molar-refractivity contribution < 1.29 is 9.53 Å². The smallest absolute Gasteiger partial charge is 0.349 e. The number of ether oxygens (including phenoxy) is 1. The highest BCUT2D eigenvalue weighted by Crippen LogP contribution is 2.28. The third-order valence-electron chi connectivity index (χ3n) is 5.21. The van der Waals surface area contributed by atoms with Crippen LogP contribution < -0.4 is 0 Å². The molecule has 0 saturated heterocycles. The van der Waals surface area contributed by atoms with Crippen LogP contribution in [0.5, 0.6) is 0 Å². The first-order chi connectivity index (χ1) is 14.1. The molecule has 0 fully saturated rings. The van der Waals surface area contributed by atoms with Gasteiger partial charge < -0.3 is 4.74 Å². The first-order valence-electron chi connectivity index (χ1n) is 10.6. The van der Waals surface area contributed by atoms with Crippen LogP contribution in [0.4, 0.5) is 0 Å². The number of hydrogen-bond donors (Lipinski definition) is 0. The van der Waals surface area contributed by atoms with Gasteiger partial charge in [0.15, 0.2) is 0 Å². The highest BCUT2D eigenvalue weighted by atomic mass is 16.5. The molecule has 0 aliphatic carbocycles. The van der Waals surface area contributed by atoms with E-state index in [0.717, 1.165) is 30.4 Å². The maximum Gasteiger partial charge on any atom is 0.349 e. The van der Waals surface area contributed by atoms with Gasteiger partial charge in [-0.2, -0.15) is 5.26 Å². The monoisotopic (exact) mass is 389 g/mol. The molecular formula is C26H31NO2. The molecule has 0 aliphatic rings. The molecule has 0 N–H and O–H groups in total. The highest BCUT2D eigenvalue weighted by Gasteiger charge is 2.22. The summed E-state index contributed by atoms with van der Waals surface area (Å²) in [5.41, 5.74) is 2.32. The van der Waals surface area contributed by atoms with Crippen LogP contribution in [-0.2, 0) is 9.53 Å². The topological polar surface area (TPSA) is 50.1 Å². The van der Waals surface area contributed by atoms with E-state index in [9.17, 15) is 10.1 Å². The molecule has 2 aromatic carbocycles. The number of hydrogen-bond acceptors (Lipinski definition) is 3. The number of unbranched alkanes of at least 4 members (excludes halogenated alkanes) is 1. The Morgan fingerprint density at radius 2 is 1.55 bits per heavy atom. The molecule has 0 aromatic heterocycles. The molecule has 0 amide bonds. The largest absolute Gasteiger partial charge is 0.459 e. The van der Waals surface area contributed by atoms with E-state index in [2.05, 4.69) is 19.9 Å². The average molecular weight is 390 g/mol. The third-order valence-corrected chi connectivity index (χ3v) is 5.21. The van der Waals surface area contributed by atoms with Crippen LogP contribution >= 0.6 is 0 Å². The Morgan fingerprint density at radius 1 is 1.00 bits per heavy atom. The van der Waals surface area contributed by atoms with E-state index in [0.29, 0.717) is 11.5 Å². The van der Waals surface area contributed by atoms with Gasteiger partial charge in [0, 0.05) is 5.57 Å². The summed E-state index contributed by atoms with van der Waals surface area (Å²) in [5, 5.41) is 9.84. The van der Waals surface area contributed by atoms with Crippen molar-refractivity contribution >= 4 is 11.5 Å². The van der Waals surface area contributed by atoms with Gasteiger partial charge in [0.2, 0.25) is 0 Å². The van der Waals surface area contributed by atoms with Gasteiger partial charge in [0.1, 0.15) is 11.6 Å². The van der Waals surface area contributed by atoms with Gasteiger partial charge >= 0.3 is 5.97 Å². The third kappa shape index (κ3) is 6.61. The Morgan fingerprint density at radius 3 is 2.00 bits per heavy atom. The second kappa shape index (κ2) is 11.9. The van der Waals surface area contributed by atoms with E-state index in [1.807, 2.05) is 67.6 Å². The standard InChI is InChI=1S/C26H31NO2/c1-4-6-13-21(5-2)18-20(3)29-26(28)24(19-27)25(22-14-9-7-10-15-22)23-16-11-8-12-17-23/h7-12,14-17,20-21H,4-6,13,18H2,1-3H3. The molecule has 2 unspecified atom stereocenters. The summed E-state index contributed by atoms with van der Waals surface area (Å²) >= 11 is 0. The van der Waals surface area contributed by atoms with E-state index in [-0.39, 0.29) is 11.7 Å². The number of nitriles is 1. The van der Waals surface area contributed by atoms with Gasteiger partial charge in [-0.3, -0.25) is 0 Å². The van der Waals surface area contributed by atoms with E-state index < -0.39 is 5.97 Å². The van der Waals surface area contributed by atoms with E-state index in [1.165, 1.54) is 12.8 Å². The van der Waals surface area contributed by atoms with Crippen molar-refractivity contribution in [1.29, 1.82) is 5.26 Å². The van der Waals surface area contributed by atoms with Gasteiger partial charge in [-0.25, -0.2) is 4.79 Å². The molecule has 0 bridgehead atoms. The average Bonchev–Trinajstić information content (AvgIpc) is 2.75. The minimum absolute atomic E-state index is 0.0517. The second-order valence-electron chi connectivity index (χ2n) is 7.46. The lowest BCUT2D eigenvalue weighted by molar-refractivity contribution is -0.143. The Kier molecular flexibility index (Phi) is 9.18. The predicted octanol–water partition coefficient (Wildman–Crippen LogP) is 6.55. The number of carbonyl (C=O) groups is 1. The zero-order valence-electron chi connectivity index (χ0n) is 17.7. The predicted molar refractivity (Wildman–Crippen MR) is 118 cm³/mol. The summed E-state index contributed by atoms with van der Waals surface area (Å²) < 4.78 is 5.72. The Labute approximate surface area is 175 Å². The van der Waals surface area contributed by atoms with Gasteiger partial charge in [0.05, 0.1) is 6.10 Å². The zero-order valence-corrected chi connectivity index (χ0v) is 17.7. The van der Waals surface area contributed by atoms with Crippen LogP contribution in [-0.4, -0.2) is 12.1 Å². The molecule has 0 saturated carbocycles. The number of rotatable bonds is 10. The van der Waals surface area contributed by atoms with E-state index >= 15 is 0 Å². The fourth-order valence-corrected chi connectivity index (χ4v) is 3.61. The number of carbonyl (C=O) groups excluding carboxylic acids is 1. The van der Waals surface area contributed by atoms with Gasteiger partial charge in [-0.15, -0.1) is 0 Å². The molecule has 0 aliphatic heterocycles. The summed E-state index contributed by atoms with van der Waals surface area (Å²) in [6, 6.07) is 21.2. The lowest BCUT2D eigenvalue weighted by Gasteiger charge is -2.20. The molecule has 2 atom stereocenters. The summed E-state index contributed by atoms with van der Waals surface area (Å²) in [5.74, 6) is -0.0111. The minimum Gasteiger partial charge on any atom is -0.459 e. The quantitative estimate of drug-likeness (QED) is 0.263. The van der Waals surface area contributed by atoms with Crippen molar-refractivity contribution in [3.63, 3.8) is 0 Å². The summed E-state index contributed by atoms with van der Waals surface area (Å²) in [6.07, 6.45) is 5.18. The molecule has 0 heterocycles. The Hall–Kier alpha value is -2.86. The Balaban J connectivity index is 2.30. The van der Waals surface area contributed by atoms with Crippen LogP contribution in [0.3, 0.4) is 0 Å². The van der Waals surface area contributed by atoms with Gasteiger partial charge in [0.25, 0.3) is 0 Å². The van der Waals surface area contributed by atoms with Gasteiger partial charge in [-0.1, -0.05) is 100 Å². The number of esters is 1. The SMILES string of the molecule is CCCCC(CC)CC(C)OC(=O)C(C#N)=C(c1ccccc1)c1ccccc1. The van der Waals surface area contributed by atoms with Crippen LogP contribution in [0.25, 0.3) is 5.57 Å². The molecule has 29 heavy (non-hydrogen) atoms. The van der Waals surface area contributed by atoms with Crippen molar-refractivity contribution in [3.05, 3.63) is 77.4 Å². The first kappa shape index (κ1) is 22.4. The normalized spacial score (nSPS) is 12.5. The van der Waals surface area contributed by atoms with E-state index in [4.69, 9.17) is 4.74 Å². The van der Waals surface area contributed by atoms with E-state index in [1.54, 1.807) is 0 Å².